The molecule has 0 aliphatic carbocycles. The number of nitriles is 1. The van der Waals surface area contributed by atoms with Gasteiger partial charge in [-0.2, -0.15) is 10.4 Å². The molecule has 4 nitrogen and oxygen atoms in total. The Morgan fingerprint density at radius 1 is 1.50 bits per heavy atom. The number of hydrogen-bond acceptors (Lipinski definition) is 3. The van der Waals surface area contributed by atoms with Crippen LogP contribution in [-0.4, -0.2) is 9.78 Å². The van der Waals surface area contributed by atoms with Gasteiger partial charge in [-0.25, -0.2) is 4.68 Å². The lowest BCUT2D eigenvalue weighted by Crippen LogP contribution is -2.06. The summed E-state index contributed by atoms with van der Waals surface area (Å²) in [4.78, 5) is 0. The Morgan fingerprint density at radius 3 is 2.94 bits per heavy atom. The number of nitrogens with zero attached hydrogens (tertiary/aromatic N) is 3. The topological polar surface area (TPSA) is 67.6 Å². The number of halogens is 1. The van der Waals surface area contributed by atoms with E-state index in [1.807, 2.05) is 24.3 Å². The highest BCUT2D eigenvalue weighted by molar-refractivity contribution is 6.30. The minimum absolute atomic E-state index is 0.377. The van der Waals surface area contributed by atoms with Crippen molar-refractivity contribution >= 4 is 17.4 Å². The molecule has 2 rings (SSSR count). The maximum atomic E-state index is 8.74. The molecule has 0 aliphatic rings. The van der Waals surface area contributed by atoms with Crippen molar-refractivity contribution in [1.82, 2.24) is 9.78 Å². The second kappa shape index (κ2) is 4.25. The quantitative estimate of drug-likeness (QED) is 0.862. The Labute approximate surface area is 97.9 Å². The van der Waals surface area contributed by atoms with Crippen LogP contribution in [0.2, 0.25) is 5.02 Å². The summed E-state index contributed by atoms with van der Waals surface area (Å²) >= 11 is 5.87. The van der Waals surface area contributed by atoms with Gasteiger partial charge in [-0.15, -0.1) is 0 Å². The van der Waals surface area contributed by atoms with Gasteiger partial charge in [-0.3, -0.25) is 0 Å². The van der Waals surface area contributed by atoms with Crippen molar-refractivity contribution < 1.29 is 0 Å². The van der Waals surface area contributed by atoms with E-state index in [-0.39, 0.29) is 0 Å². The Balaban J connectivity index is 2.28. The summed E-state index contributed by atoms with van der Waals surface area (Å²) in [6, 6.07) is 9.42. The first-order valence-electron chi connectivity index (χ1n) is 4.66. The third kappa shape index (κ3) is 2.00. The Bertz CT molecular complexity index is 553. The predicted octanol–water partition coefficient (Wildman–Crippen LogP) is 2.04. The predicted molar refractivity (Wildman–Crippen MR) is 61.9 cm³/mol. The van der Waals surface area contributed by atoms with E-state index >= 15 is 0 Å². The maximum Gasteiger partial charge on any atom is 0.140 e. The lowest BCUT2D eigenvalue weighted by Gasteiger charge is -2.04. The molecule has 0 spiro atoms. The zero-order valence-electron chi connectivity index (χ0n) is 8.39. The van der Waals surface area contributed by atoms with E-state index in [9.17, 15) is 0 Å². The number of aromatic nitrogens is 2. The normalized spacial score (nSPS) is 10.0. The fraction of sp³-hybridized carbons (Fsp3) is 0.0909. The molecule has 1 heterocycles. The van der Waals surface area contributed by atoms with Gasteiger partial charge in [0, 0.05) is 5.02 Å². The van der Waals surface area contributed by atoms with Gasteiger partial charge in [0.05, 0.1) is 12.7 Å². The molecule has 0 amide bonds. The Hall–Kier alpha value is -1.99. The van der Waals surface area contributed by atoms with Crippen LogP contribution in [-0.2, 0) is 6.54 Å². The summed E-state index contributed by atoms with van der Waals surface area (Å²) in [7, 11) is 0. The van der Waals surface area contributed by atoms with Crippen molar-refractivity contribution in [3.63, 3.8) is 0 Å². The lowest BCUT2D eigenvalue weighted by molar-refractivity contribution is 0.697. The van der Waals surface area contributed by atoms with Gasteiger partial charge in [0.2, 0.25) is 0 Å². The SMILES string of the molecule is N#Cc1cnn(Cc2cccc(Cl)c2)c1N. The van der Waals surface area contributed by atoms with Crippen LogP contribution in [0.25, 0.3) is 0 Å². The first-order chi connectivity index (χ1) is 7.70. The number of hydrogen-bond donors (Lipinski definition) is 1. The summed E-state index contributed by atoms with van der Waals surface area (Å²) in [5, 5.41) is 13.4. The molecular weight excluding hydrogens is 224 g/mol. The fourth-order valence-electron chi connectivity index (χ4n) is 1.42. The molecule has 0 radical (unpaired) electrons. The molecule has 1 aromatic heterocycles. The number of nitrogens with two attached hydrogens (primary N) is 1. The molecular formula is C11H9ClN4. The summed E-state index contributed by atoms with van der Waals surface area (Å²) in [6.07, 6.45) is 1.46. The van der Waals surface area contributed by atoms with Gasteiger partial charge in [0.1, 0.15) is 17.5 Å². The van der Waals surface area contributed by atoms with E-state index < -0.39 is 0 Å². The minimum Gasteiger partial charge on any atom is -0.383 e. The van der Waals surface area contributed by atoms with E-state index in [2.05, 4.69) is 5.10 Å². The molecule has 5 heteroatoms. The van der Waals surface area contributed by atoms with Crippen molar-refractivity contribution in [2.75, 3.05) is 5.73 Å². The summed E-state index contributed by atoms with van der Waals surface area (Å²) in [5.41, 5.74) is 7.13. The molecule has 0 fully saturated rings. The zero-order chi connectivity index (χ0) is 11.5. The van der Waals surface area contributed by atoms with Crippen LogP contribution in [0.3, 0.4) is 0 Å². The average Bonchev–Trinajstić information content (AvgIpc) is 2.60. The van der Waals surface area contributed by atoms with E-state index in [4.69, 9.17) is 22.6 Å². The van der Waals surface area contributed by atoms with Crippen LogP contribution in [0.5, 0.6) is 0 Å². The van der Waals surface area contributed by atoms with Crippen LogP contribution in [0.1, 0.15) is 11.1 Å². The summed E-state index contributed by atoms with van der Waals surface area (Å²) in [5.74, 6) is 0.377. The van der Waals surface area contributed by atoms with Gasteiger partial charge in [-0.1, -0.05) is 23.7 Å². The van der Waals surface area contributed by atoms with Crippen LogP contribution >= 0.6 is 11.6 Å². The number of anilines is 1. The maximum absolute atomic E-state index is 8.74. The second-order valence-electron chi connectivity index (χ2n) is 3.34. The third-order valence-electron chi connectivity index (χ3n) is 2.22. The van der Waals surface area contributed by atoms with E-state index in [1.54, 1.807) is 10.7 Å². The van der Waals surface area contributed by atoms with Crippen LogP contribution in [0.4, 0.5) is 5.82 Å². The lowest BCUT2D eigenvalue weighted by atomic mass is 10.2. The average molecular weight is 233 g/mol. The summed E-state index contributed by atoms with van der Waals surface area (Å²) < 4.78 is 1.57. The number of nitrogen functional groups attached to an aromatic ring is 1. The Kier molecular flexibility index (Phi) is 2.80. The van der Waals surface area contributed by atoms with E-state index in [0.717, 1.165) is 5.56 Å². The Morgan fingerprint density at radius 2 is 2.31 bits per heavy atom. The molecule has 0 unspecified atom stereocenters. The first-order valence-corrected chi connectivity index (χ1v) is 5.04. The molecule has 1 aromatic carbocycles. The van der Waals surface area contributed by atoms with Crippen molar-refractivity contribution in [3.05, 3.63) is 46.6 Å². The minimum atomic E-state index is 0.377. The smallest absolute Gasteiger partial charge is 0.140 e. The van der Waals surface area contributed by atoms with Crippen molar-refractivity contribution in [2.24, 2.45) is 0 Å². The molecule has 0 bridgehead atoms. The molecule has 0 saturated heterocycles. The molecule has 80 valence electrons. The molecule has 0 saturated carbocycles. The van der Waals surface area contributed by atoms with Gasteiger partial charge in [-0.05, 0) is 17.7 Å². The molecule has 0 aliphatic heterocycles. The number of rotatable bonds is 2. The molecule has 2 N–H and O–H groups in total. The zero-order valence-corrected chi connectivity index (χ0v) is 9.15. The molecule has 2 aromatic rings. The van der Waals surface area contributed by atoms with Crippen molar-refractivity contribution in [3.8, 4) is 6.07 Å². The van der Waals surface area contributed by atoms with Crippen LogP contribution in [0.15, 0.2) is 30.5 Å². The van der Waals surface area contributed by atoms with Crippen LogP contribution < -0.4 is 5.73 Å². The fourth-order valence-corrected chi connectivity index (χ4v) is 1.63. The standard InChI is InChI=1S/C11H9ClN4/c12-10-3-1-2-8(4-10)7-16-11(14)9(5-13)6-15-16/h1-4,6H,7,14H2. The molecule has 0 atom stereocenters. The second-order valence-corrected chi connectivity index (χ2v) is 3.78. The van der Waals surface area contributed by atoms with E-state index in [1.165, 1.54) is 6.20 Å². The van der Waals surface area contributed by atoms with Gasteiger partial charge >= 0.3 is 0 Å². The van der Waals surface area contributed by atoms with Gasteiger partial charge in [0.15, 0.2) is 0 Å². The van der Waals surface area contributed by atoms with Gasteiger partial charge < -0.3 is 5.73 Å². The largest absolute Gasteiger partial charge is 0.383 e. The summed E-state index contributed by atoms with van der Waals surface area (Å²) in [6.45, 7) is 0.508. The molecule has 16 heavy (non-hydrogen) atoms. The highest BCUT2D eigenvalue weighted by Gasteiger charge is 2.06. The van der Waals surface area contributed by atoms with E-state index in [0.29, 0.717) is 22.9 Å². The first kappa shape index (κ1) is 10.5. The van der Waals surface area contributed by atoms with Crippen molar-refractivity contribution in [2.45, 2.75) is 6.54 Å². The third-order valence-corrected chi connectivity index (χ3v) is 2.46. The van der Waals surface area contributed by atoms with Crippen molar-refractivity contribution in [1.29, 1.82) is 5.26 Å². The highest BCUT2D eigenvalue weighted by atomic mass is 35.5. The monoisotopic (exact) mass is 232 g/mol. The highest BCUT2D eigenvalue weighted by Crippen LogP contribution is 2.15. The van der Waals surface area contributed by atoms with Gasteiger partial charge in [0.25, 0.3) is 0 Å². The number of benzene rings is 1. The van der Waals surface area contributed by atoms with Crippen LogP contribution in [0, 0.1) is 11.3 Å².